The molecular formula is C26H29F4N3O3S. The van der Waals surface area contributed by atoms with Crippen molar-refractivity contribution in [2.24, 2.45) is 0 Å². The van der Waals surface area contributed by atoms with Gasteiger partial charge in [0.15, 0.2) is 11.7 Å². The topological polar surface area (TPSA) is 54.9 Å². The first-order chi connectivity index (χ1) is 17.6. The summed E-state index contributed by atoms with van der Waals surface area (Å²) in [7, 11) is 0. The fourth-order valence-corrected chi connectivity index (χ4v) is 5.55. The number of rotatable bonds is 8. The Kier molecular flexibility index (Phi) is 8.23. The number of ether oxygens (including phenoxy) is 2. The molecule has 1 saturated heterocycles. The molecule has 0 saturated carbocycles. The van der Waals surface area contributed by atoms with Crippen molar-refractivity contribution in [3.63, 3.8) is 0 Å². The number of esters is 1. The van der Waals surface area contributed by atoms with E-state index in [-0.39, 0.29) is 18.2 Å². The summed E-state index contributed by atoms with van der Waals surface area (Å²) in [6.45, 7) is 8.66. The van der Waals surface area contributed by atoms with Crippen molar-refractivity contribution in [3.05, 3.63) is 52.8 Å². The number of aromatic nitrogens is 1. The first kappa shape index (κ1) is 27.1. The zero-order valence-corrected chi connectivity index (χ0v) is 21.7. The minimum Gasteiger partial charge on any atom is -0.482 e. The van der Waals surface area contributed by atoms with Crippen LogP contribution in [0.25, 0.3) is 10.2 Å². The maximum atomic E-state index is 14.0. The molecule has 1 fully saturated rings. The molecule has 200 valence electrons. The summed E-state index contributed by atoms with van der Waals surface area (Å²) in [5.41, 5.74) is 1.04. The molecule has 1 aliphatic heterocycles. The van der Waals surface area contributed by atoms with Gasteiger partial charge in [0.05, 0.1) is 22.4 Å². The Bertz CT molecular complexity index is 1260. The standard InChI is InChI=1S/C26H29F4N3O3S/c1-4-18-14-33(25-31-22-12-21(27)20(26(28,29)30)11-23(22)37-25)7-6-32(18)13-17-8-16(3)9-19(10-17)36-15-24(34)35-5-2/h8-12,18H,4-7,13-15H2,1-3H3/t18-/m1/s1. The molecule has 6 nitrogen and oxygen atoms in total. The predicted octanol–water partition coefficient (Wildman–Crippen LogP) is 5.81. The predicted molar refractivity (Wildman–Crippen MR) is 135 cm³/mol. The van der Waals surface area contributed by atoms with Crippen LogP contribution in [0.3, 0.4) is 0 Å². The molecule has 0 aliphatic carbocycles. The zero-order chi connectivity index (χ0) is 26.7. The number of halogens is 4. The summed E-state index contributed by atoms with van der Waals surface area (Å²) in [5.74, 6) is -1.12. The van der Waals surface area contributed by atoms with Crippen LogP contribution in [0.15, 0.2) is 30.3 Å². The van der Waals surface area contributed by atoms with Crippen LogP contribution < -0.4 is 9.64 Å². The second-order valence-electron chi connectivity index (χ2n) is 9.02. The molecular weight excluding hydrogens is 510 g/mol. The molecule has 2 aromatic carbocycles. The second-order valence-corrected chi connectivity index (χ2v) is 10.0. The lowest BCUT2D eigenvalue weighted by molar-refractivity contribution is -0.145. The van der Waals surface area contributed by atoms with E-state index >= 15 is 0 Å². The zero-order valence-electron chi connectivity index (χ0n) is 20.9. The van der Waals surface area contributed by atoms with Gasteiger partial charge in [-0.2, -0.15) is 13.2 Å². The smallest absolute Gasteiger partial charge is 0.419 e. The van der Waals surface area contributed by atoms with Crippen LogP contribution in [0.5, 0.6) is 5.75 Å². The summed E-state index contributed by atoms with van der Waals surface area (Å²) in [5, 5.41) is 0.594. The van der Waals surface area contributed by atoms with Crippen LogP contribution in [0.2, 0.25) is 0 Å². The van der Waals surface area contributed by atoms with Gasteiger partial charge in [0.25, 0.3) is 0 Å². The second kappa shape index (κ2) is 11.2. The third-order valence-electron chi connectivity index (χ3n) is 6.28. The van der Waals surface area contributed by atoms with Gasteiger partial charge in [-0.25, -0.2) is 14.2 Å². The molecule has 0 radical (unpaired) electrons. The van der Waals surface area contributed by atoms with Crippen LogP contribution in [0.1, 0.15) is 37.0 Å². The van der Waals surface area contributed by atoms with Crippen molar-refractivity contribution in [2.75, 3.05) is 37.7 Å². The fourth-order valence-electron chi connectivity index (χ4n) is 4.53. The highest BCUT2D eigenvalue weighted by Gasteiger charge is 2.35. The summed E-state index contributed by atoms with van der Waals surface area (Å²) in [4.78, 5) is 20.5. The fraction of sp³-hybridized carbons (Fsp3) is 0.462. The summed E-state index contributed by atoms with van der Waals surface area (Å²) in [6, 6.07) is 7.78. The van der Waals surface area contributed by atoms with Gasteiger partial charge in [-0.1, -0.05) is 24.3 Å². The Labute approximate surface area is 216 Å². The highest BCUT2D eigenvalue weighted by atomic mass is 32.1. The first-order valence-electron chi connectivity index (χ1n) is 12.1. The Morgan fingerprint density at radius 3 is 2.65 bits per heavy atom. The van der Waals surface area contributed by atoms with Crippen molar-refractivity contribution in [3.8, 4) is 5.75 Å². The minimum absolute atomic E-state index is 0.149. The summed E-state index contributed by atoms with van der Waals surface area (Å²) < 4.78 is 64.2. The van der Waals surface area contributed by atoms with Gasteiger partial charge in [-0.3, -0.25) is 4.90 Å². The van der Waals surface area contributed by atoms with E-state index in [1.54, 1.807) is 6.92 Å². The van der Waals surface area contributed by atoms with Crippen LogP contribution in [0.4, 0.5) is 22.7 Å². The average Bonchev–Trinajstić information content (AvgIpc) is 3.24. The van der Waals surface area contributed by atoms with Crippen molar-refractivity contribution < 1.29 is 31.8 Å². The van der Waals surface area contributed by atoms with E-state index in [1.807, 2.05) is 19.1 Å². The molecule has 0 N–H and O–H groups in total. The van der Waals surface area contributed by atoms with Crippen LogP contribution in [0, 0.1) is 12.7 Å². The number of hydrogen-bond acceptors (Lipinski definition) is 7. The van der Waals surface area contributed by atoms with E-state index in [0.29, 0.717) is 41.8 Å². The number of benzene rings is 2. The molecule has 1 aromatic heterocycles. The number of carbonyl (C=O) groups is 1. The van der Waals surface area contributed by atoms with Crippen LogP contribution >= 0.6 is 11.3 Å². The SMILES string of the molecule is CCOC(=O)COc1cc(C)cc(CN2CCN(c3nc4cc(F)c(C(F)(F)F)cc4s3)C[C@H]2CC)c1. The summed E-state index contributed by atoms with van der Waals surface area (Å²) in [6.07, 6.45) is -3.88. The van der Waals surface area contributed by atoms with Gasteiger partial charge in [-0.15, -0.1) is 0 Å². The maximum absolute atomic E-state index is 14.0. The highest BCUT2D eigenvalue weighted by Crippen LogP contribution is 2.37. The Hall–Kier alpha value is -2.92. The van der Waals surface area contributed by atoms with Gasteiger partial charge in [0.1, 0.15) is 11.6 Å². The van der Waals surface area contributed by atoms with E-state index in [4.69, 9.17) is 9.47 Å². The molecule has 2 heterocycles. The number of anilines is 1. The minimum atomic E-state index is -4.75. The van der Waals surface area contributed by atoms with Gasteiger partial charge < -0.3 is 14.4 Å². The molecule has 37 heavy (non-hydrogen) atoms. The van der Waals surface area contributed by atoms with E-state index in [0.717, 1.165) is 47.6 Å². The number of aryl methyl sites for hydroxylation is 1. The van der Waals surface area contributed by atoms with Crippen molar-refractivity contribution in [1.82, 2.24) is 9.88 Å². The molecule has 3 aromatic rings. The molecule has 1 aliphatic rings. The molecule has 11 heteroatoms. The monoisotopic (exact) mass is 539 g/mol. The van der Waals surface area contributed by atoms with E-state index < -0.39 is 23.5 Å². The van der Waals surface area contributed by atoms with Crippen LogP contribution in [-0.2, 0) is 22.3 Å². The third-order valence-corrected chi connectivity index (χ3v) is 7.36. The lowest BCUT2D eigenvalue weighted by Crippen LogP contribution is -2.52. The molecule has 1 atom stereocenters. The Morgan fingerprint density at radius 2 is 1.95 bits per heavy atom. The van der Waals surface area contributed by atoms with Crippen molar-refractivity contribution in [1.29, 1.82) is 0 Å². The number of carbonyl (C=O) groups excluding carboxylic acids is 1. The van der Waals surface area contributed by atoms with Gasteiger partial charge >= 0.3 is 12.1 Å². The molecule has 0 bridgehead atoms. The highest BCUT2D eigenvalue weighted by molar-refractivity contribution is 7.22. The van der Waals surface area contributed by atoms with E-state index in [2.05, 4.69) is 27.8 Å². The number of fused-ring (bicyclic) bond motifs is 1. The van der Waals surface area contributed by atoms with Crippen LogP contribution in [-0.4, -0.2) is 54.7 Å². The Balaban J connectivity index is 1.45. The molecule has 0 unspecified atom stereocenters. The van der Waals surface area contributed by atoms with E-state index in [1.165, 1.54) is 0 Å². The number of hydrogen-bond donors (Lipinski definition) is 0. The van der Waals surface area contributed by atoms with Crippen molar-refractivity contribution >= 4 is 32.7 Å². The van der Waals surface area contributed by atoms with Gasteiger partial charge in [0.2, 0.25) is 0 Å². The number of alkyl halides is 3. The molecule has 0 amide bonds. The largest absolute Gasteiger partial charge is 0.482 e. The molecule has 4 rings (SSSR count). The van der Waals surface area contributed by atoms with E-state index in [9.17, 15) is 22.4 Å². The number of nitrogens with zero attached hydrogens (tertiary/aromatic N) is 3. The Morgan fingerprint density at radius 1 is 1.16 bits per heavy atom. The maximum Gasteiger partial charge on any atom is 0.419 e. The quantitative estimate of drug-likeness (QED) is 0.266. The van der Waals surface area contributed by atoms with Gasteiger partial charge in [0, 0.05) is 38.3 Å². The molecule has 0 spiro atoms. The number of piperazine rings is 1. The average molecular weight is 540 g/mol. The van der Waals surface area contributed by atoms with Crippen molar-refractivity contribution in [2.45, 2.75) is 46.0 Å². The first-order valence-corrected chi connectivity index (χ1v) is 12.9. The lowest BCUT2D eigenvalue weighted by atomic mass is 10.1. The number of thiazole rings is 1. The normalized spacial score (nSPS) is 16.8. The summed E-state index contributed by atoms with van der Waals surface area (Å²) >= 11 is 1.15. The third kappa shape index (κ3) is 6.51. The lowest BCUT2D eigenvalue weighted by Gasteiger charge is -2.41. The van der Waals surface area contributed by atoms with Gasteiger partial charge in [-0.05, 0) is 49.6 Å².